The number of thiophene rings is 1. The second kappa shape index (κ2) is 12.3. The van der Waals surface area contributed by atoms with Gasteiger partial charge < -0.3 is 9.47 Å². The summed E-state index contributed by atoms with van der Waals surface area (Å²) in [7, 11) is 1.32. The number of benzene rings is 3. The van der Waals surface area contributed by atoms with E-state index in [-0.39, 0.29) is 5.41 Å². The molecule has 4 aromatic rings. The molecule has 0 N–H and O–H groups in total. The molecule has 0 saturated carbocycles. The van der Waals surface area contributed by atoms with Gasteiger partial charge in [-0.15, -0.1) is 11.3 Å². The number of carbonyl (C=O) groups is 4. The van der Waals surface area contributed by atoms with Gasteiger partial charge in [0, 0.05) is 4.88 Å². The van der Waals surface area contributed by atoms with Crippen LogP contribution in [0.5, 0.6) is 5.75 Å². The van der Waals surface area contributed by atoms with Gasteiger partial charge in [0.25, 0.3) is 5.91 Å². The van der Waals surface area contributed by atoms with E-state index in [0.717, 1.165) is 28.2 Å². The molecule has 7 rings (SSSR count). The Hall–Kier alpha value is -4.80. The van der Waals surface area contributed by atoms with E-state index in [1.807, 2.05) is 36.4 Å². The number of hydrogen-bond acceptors (Lipinski definition) is 9. The second-order valence-corrected chi connectivity index (χ2v) is 14.6. The number of esters is 2. The molecule has 9 nitrogen and oxygen atoms in total. The molecule has 48 heavy (non-hydrogen) atoms. The van der Waals surface area contributed by atoms with Crippen molar-refractivity contribution in [1.29, 1.82) is 0 Å². The van der Waals surface area contributed by atoms with Crippen molar-refractivity contribution < 1.29 is 33.5 Å². The van der Waals surface area contributed by atoms with Gasteiger partial charge >= 0.3 is 11.9 Å². The third kappa shape index (κ3) is 5.48. The minimum absolute atomic E-state index is 0.0704. The summed E-state index contributed by atoms with van der Waals surface area (Å²) in [5.41, 5.74) is 3.03. The summed E-state index contributed by atoms with van der Waals surface area (Å²) in [5, 5.41) is 1.92. The van der Waals surface area contributed by atoms with Crippen LogP contribution in [-0.4, -0.2) is 37.0 Å². The number of ether oxygens (including phenoxy) is 2. The van der Waals surface area contributed by atoms with Gasteiger partial charge in [-0.2, -0.15) is 0 Å². The lowest BCUT2D eigenvalue weighted by Crippen LogP contribution is -2.37. The van der Waals surface area contributed by atoms with Crippen LogP contribution in [0, 0.1) is 17.3 Å². The van der Waals surface area contributed by atoms with Gasteiger partial charge in [0.1, 0.15) is 16.7 Å². The first-order valence-corrected chi connectivity index (χ1v) is 16.9. The molecule has 2 saturated heterocycles. The summed E-state index contributed by atoms with van der Waals surface area (Å²) < 4.78 is 10.8. The molecule has 2 amide bonds. The van der Waals surface area contributed by atoms with Gasteiger partial charge in [-0.25, -0.2) is 19.6 Å². The van der Waals surface area contributed by atoms with Crippen molar-refractivity contribution in [3.8, 4) is 5.75 Å². The van der Waals surface area contributed by atoms with E-state index in [0.29, 0.717) is 45.5 Å². The monoisotopic (exact) mass is 664 g/mol. The van der Waals surface area contributed by atoms with Crippen LogP contribution < -0.4 is 14.7 Å². The number of nitrogens with zero attached hydrogens (tertiary/aromatic N) is 2. The standard InChI is InChI=1S/C38H36N2O7S/c1-38(2,3)24-17-20-27-28(21-24)48-35(29(27)37(44)45-4)39-33(41)30-31(40(47-32(30)34(39)42)25-13-9-6-10-14-25)22-15-18-26(19-16-22)46-36(43)23-11-7-5-8-12-23/h5-16,18-19,24,30-32H,17,20-21H2,1-4H3/t24-,30-,31-,32-/m0/s1. The van der Waals surface area contributed by atoms with E-state index in [1.54, 1.807) is 53.6 Å². The molecular weight excluding hydrogens is 628 g/mol. The van der Waals surface area contributed by atoms with Gasteiger partial charge in [-0.1, -0.05) is 69.3 Å². The van der Waals surface area contributed by atoms with E-state index < -0.39 is 41.8 Å². The number of methoxy groups -OCH3 is 1. The SMILES string of the molecule is COC(=O)c1c(N2C(=O)[C@@H]3[C@H](ON(c4ccccc4)[C@H]3c3ccc(OC(=O)c4ccccc4)cc3)C2=O)sc2c1CC[C@H](C(C)(C)C)C2. The van der Waals surface area contributed by atoms with Crippen molar-refractivity contribution in [3.05, 3.63) is 112 Å². The molecule has 0 unspecified atom stereocenters. The molecule has 3 aromatic carbocycles. The molecule has 0 spiro atoms. The van der Waals surface area contributed by atoms with Gasteiger partial charge in [-0.05, 0) is 78.1 Å². The number of hydrogen-bond donors (Lipinski definition) is 0. The summed E-state index contributed by atoms with van der Waals surface area (Å²) in [5.74, 6) is -2.17. The van der Waals surface area contributed by atoms with Crippen LogP contribution in [0.2, 0.25) is 0 Å². The number of fused-ring (bicyclic) bond motifs is 2. The number of rotatable bonds is 6. The van der Waals surface area contributed by atoms with Crippen LogP contribution in [0.1, 0.15) is 70.0 Å². The minimum Gasteiger partial charge on any atom is -0.465 e. The highest BCUT2D eigenvalue weighted by Gasteiger charge is 2.61. The summed E-state index contributed by atoms with van der Waals surface area (Å²) in [4.78, 5) is 63.1. The van der Waals surface area contributed by atoms with E-state index in [2.05, 4.69) is 20.8 Å². The maximum atomic E-state index is 14.5. The first kappa shape index (κ1) is 31.8. The molecule has 2 fully saturated rings. The van der Waals surface area contributed by atoms with Gasteiger partial charge in [0.05, 0.1) is 30.0 Å². The zero-order valence-corrected chi connectivity index (χ0v) is 28.0. The van der Waals surface area contributed by atoms with Crippen LogP contribution in [0.4, 0.5) is 10.7 Å². The number of para-hydroxylation sites is 1. The molecule has 0 bridgehead atoms. The van der Waals surface area contributed by atoms with Crippen molar-refractivity contribution in [3.63, 3.8) is 0 Å². The third-order valence-corrected chi connectivity index (χ3v) is 10.9. The first-order valence-electron chi connectivity index (χ1n) is 16.1. The maximum Gasteiger partial charge on any atom is 0.343 e. The fraction of sp³-hybridized carbons (Fsp3) is 0.316. The summed E-state index contributed by atoms with van der Waals surface area (Å²) in [6, 6.07) is 24.2. The van der Waals surface area contributed by atoms with Crippen molar-refractivity contribution in [2.45, 2.75) is 52.2 Å². The molecule has 1 aliphatic carbocycles. The summed E-state index contributed by atoms with van der Waals surface area (Å²) in [6.07, 6.45) is 1.23. The predicted octanol–water partition coefficient (Wildman–Crippen LogP) is 6.96. The lowest BCUT2D eigenvalue weighted by molar-refractivity contribution is -0.126. The summed E-state index contributed by atoms with van der Waals surface area (Å²) in [6.45, 7) is 6.63. The smallest absolute Gasteiger partial charge is 0.343 e. The van der Waals surface area contributed by atoms with Gasteiger partial charge in [0.2, 0.25) is 5.91 Å². The molecular formula is C38H36N2O7S. The Labute approximate surface area is 283 Å². The quantitative estimate of drug-likeness (QED) is 0.124. The number of imide groups is 1. The molecule has 3 aliphatic rings. The Bertz CT molecular complexity index is 1880. The molecule has 0 radical (unpaired) electrons. The van der Waals surface area contributed by atoms with Crippen LogP contribution >= 0.6 is 11.3 Å². The molecule has 2 aliphatic heterocycles. The van der Waals surface area contributed by atoms with E-state index in [4.69, 9.17) is 14.3 Å². The average molecular weight is 665 g/mol. The van der Waals surface area contributed by atoms with Crippen LogP contribution in [-0.2, 0) is 32.0 Å². The van der Waals surface area contributed by atoms with Crippen molar-refractivity contribution in [2.75, 3.05) is 17.1 Å². The molecule has 10 heteroatoms. The minimum atomic E-state index is -1.11. The predicted molar refractivity (Wildman–Crippen MR) is 181 cm³/mol. The second-order valence-electron chi connectivity index (χ2n) is 13.5. The zero-order chi connectivity index (χ0) is 33.7. The fourth-order valence-electron chi connectivity index (χ4n) is 7.01. The van der Waals surface area contributed by atoms with Crippen molar-refractivity contribution in [2.24, 2.45) is 17.3 Å². The Kier molecular flexibility index (Phi) is 8.17. The van der Waals surface area contributed by atoms with Gasteiger partial charge in [-0.3, -0.25) is 14.4 Å². The van der Waals surface area contributed by atoms with E-state index >= 15 is 0 Å². The van der Waals surface area contributed by atoms with Crippen molar-refractivity contribution >= 4 is 45.8 Å². The lowest BCUT2D eigenvalue weighted by Gasteiger charge is -2.33. The molecule has 1 aromatic heterocycles. The highest BCUT2D eigenvalue weighted by molar-refractivity contribution is 7.17. The first-order chi connectivity index (χ1) is 23.1. The Morgan fingerprint density at radius 3 is 2.19 bits per heavy atom. The fourth-order valence-corrected chi connectivity index (χ4v) is 8.43. The number of anilines is 2. The number of hydroxylamine groups is 1. The third-order valence-electron chi connectivity index (χ3n) is 9.63. The van der Waals surface area contributed by atoms with E-state index in [9.17, 15) is 19.2 Å². The largest absolute Gasteiger partial charge is 0.465 e. The summed E-state index contributed by atoms with van der Waals surface area (Å²) >= 11 is 1.33. The van der Waals surface area contributed by atoms with Crippen LogP contribution in [0.15, 0.2) is 84.9 Å². The zero-order valence-electron chi connectivity index (χ0n) is 27.2. The topological polar surface area (TPSA) is 102 Å². The van der Waals surface area contributed by atoms with Gasteiger partial charge in [0.15, 0.2) is 6.10 Å². The number of carbonyl (C=O) groups excluding carboxylic acids is 4. The molecule has 246 valence electrons. The van der Waals surface area contributed by atoms with Crippen LogP contribution in [0.3, 0.4) is 0 Å². The number of amides is 2. The lowest BCUT2D eigenvalue weighted by atomic mass is 9.72. The molecule has 3 heterocycles. The molecule has 4 atom stereocenters. The highest BCUT2D eigenvalue weighted by atomic mass is 32.1. The van der Waals surface area contributed by atoms with E-state index in [1.165, 1.54) is 18.4 Å². The Morgan fingerprint density at radius 2 is 1.54 bits per heavy atom. The average Bonchev–Trinajstić information content (AvgIpc) is 3.74. The van der Waals surface area contributed by atoms with Crippen molar-refractivity contribution in [1.82, 2.24) is 0 Å². The Balaban J connectivity index is 1.24. The normalized spacial score (nSPS) is 22.0. The maximum absolute atomic E-state index is 14.5. The van der Waals surface area contributed by atoms with Crippen LogP contribution in [0.25, 0.3) is 0 Å². The highest BCUT2D eigenvalue weighted by Crippen LogP contribution is 2.51. The Morgan fingerprint density at radius 1 is 0.875 bits per heavy atom.